The average Bonchev–Trinajstić information content (AvgIpc) is 2.77. The Labute approximate surface area is 115 Å². The predicted molar refractivity (Wildman–Crippen MR) is 73.2 cm³/mol. The Hall–Kier alpha value is -0.660. The highest BCUT2D eigenvalue weighted by molar-refractivity contribution is 7.88. The van der Waals surface area contributed by atoms with E-state index in [2.05, 4.69) is 5.32 Å². The van der Waals surface area contributed by atoms with Crippen LogP contribution in [0.4, 0.5) is 0 Å². The van der Waals surface area contributed by atoms with E-state index in [0.717, 1.165) is 19.1 Å². The minimum absolute atomic E-state index is 0.0902. The van der Waals surface area contributed by atoms with Gasteiger partial charge in [0, 0.05) is 19.7 Å². The van der Waals surface area contributed by atoms with Gasteiger partial charge in [0.1, 0.15) is 0 Å². The lowest BCUT2D eigenvalue weighted by Gasteiger charge is -2.22. The Morgan fingerprint density at radius 3 is 2.63 bits per heavy atom. The average molecular weight is 292 g/mol. The minimum atomic E-state index is -3.39. The second kappa shape index (κ2) is 7.21. The van der Waals surface area contributed by atoms with E-state index in [9.17, 15) is 13.2 Å². The number of sulfonamides is 1. The number of nitrogens with zero attached hydrogens (tertiary/aromatic N) is 1. The van der Waals surface area contributed by atoms with E-state index in [0.29, 0.717) is 19.1 Å². The quantitative estimate of drug-likeness (QED) is 0.727. The molecule has 19 heavy (non-hydrogen) atoms. The van der Waals surface area contributed by atoms with Crippen molar-refractivity contribution in [2.75, 3.05) is 32.5 Å². The molecule has 1 heterocycles. The summed E-state index contributed by atoms with van der Waals surface area (Å²) in [6.45, 7) is 5.32. The molecule has 7 heteroatoms. The molecule has 1 saturated heterocycles. The predicted octanol–water partition coefficient (Wildman–Crippen LogP) is 0.199. The summed E-state index contributed by atoms with van der Waals surface area (Å²) in [7, 11) is -3.39. The molecule has 1 aliphatic rings. The fraction of sp³-hybridized carbons (Fsp3) is 0.917. The molecule has 0 aliphatic carbocycles. The fourth-order valence-electron chi connectivity index (χ4n) is 1.87. The van der Waals surface area contributed by atoms with Crippen molar-refractivity contribution in [3.63, 3.8) is 0 Å². The first-order chi connectivity index (χ1) is 8.79. The van der Waals surface area contributed by atoms with Crippen LogP contribution in [0.3, 0.4) is 0 Å². The van der Waals surface area contributed by atoms with Crippen LogP contribution in [-0.2, 0) is 19.6 Å². The van der Waals surface area contributed by atoms with E-state index in [1.54, 1.807) is 0 Å². The van der Waals surface area contributed by atoms with Crippen molar-refractivity contribution in [1.29, 1.82) is 0 Å². The third kappa shape index (κ3) is 6.35. The summed E-state index contributed by atoms with van der Waals surface area (Å²) >= 11 is 0. The number of nitrogens with one attached hydrogen (secondary N) is 1. The van der Waals surface area contributed by atoms with Crippen LogP contribution >= 0.6 is 0 Å². The first-order valence-electron chi connectivity index (χ1n) is 6.62. The van der Waals surface area contributed by atoms with Crippen molar-refractivity contribution < 1.29 is 17.9 Å². The maximum Gasteiger partial charge on any atom is 0.235 e. The Morgan fingerprint density at radius 1 is 1.47 bits per heavy atom. The molecule has 0 aromatic rings. The lowest BCUT2D eigenvalue weighted by Crippen LogP contribution is -2.44. The number of rotatable bonds is 7. The van der Waals surface area contributed by atoms with Crippen LogP contribution in [0.15, 0.2) is 0 Å². The van der Waals surface area contributed by atoms with Crippen LogP contribution < -0.4 is 5.32 Å². The third-order valence-electron chi connectivity index (χ3n) is 2.93. The highest BCUT2D eigenvalue weighted by Crippen LogP contribution is 2.14. The summed E-state index contributed by atoms with van der Waals surface area (Å²) in [5.41, 5.74) is 0. The highest BCUT2D eigenvalue weighted by Gasteiger charge is 2.26. The molecule has 0 spiro atoms. The van der Waals surface area contributed by atoms with Crippen LogP contribution in [0.25, 0.3) is 0 Å². The standard InChI is InChI=1S/C12H24N2O4S/c1-10(2)7-13-12(15)9-14(19(3,16)17)8-11-5-4-6-18-11/h10-11H,4-9H2,1-3H3,(H,13,15). The monoisotopic (exact) mass is 292 g/mol. The van der Waals surface area contributed by atoms with Crippen LogP contribution in [0.5, 0.6) is 0 Å². The molecule has 0 bridgehead atoms. The highest BCUT2D eigenvalue weighted by atomic mass is 32.2. The number of hydrogen-bond acceptors (Lipinski definition) is 4. The SMILES string of the molecule is CC(C)CNC(=O)CN(CC1CCCO1)S(C)(=O)=O. The van der Waals surface area contributed by atoms with Crippen molar-refractivity contribution >= 4 is 15.9 Å². The topological polar surface area (TPSA) is 75.7 Å². The van der Waals surface area contributed by atoms with Gasteiger partial charge in [0.15, 0.2) is 0 Å². The maximum atomic E-state index is 11.7. The maximum absolute atomic E-state index is 11.7. The van der Waals surface area contributed by atoms with Gasteiger partial charge >= 0.3 is 0 Å². The molecule has 0 saturated carbocycles. The second-order valence-electron chi connectivity index (χ2n) is 5.39. The van der Waals surface area contributed by atoms with Gasteiger partial charge in [0.05, 0.1) is 18.9 Å². The van der Waals surface area contributed by atoms with Gasteiger partial charge in [-0.2, -0.15) is 4.31 Å². The van der Waals surface area contributed by atoms with Crippen molar-refractivity contribution in [1.82, 2.24) is 9.62 Å². The summed E-state index contributed by atoms with van der Waals surface area (Å²) < 4.78 is 30.0. The Kier molecular flexibility index (Phi) is 6.22. The van der Waals surface area contributed by atoms with E-state index >= 15 is 0 Å². The second-order valence-corrected chi connectivity index (χ2v) is 7.37. The zero-order valence-corrected chi connectivity index (χ0v) is 12.7. The van der Waals surface area contributed by atoms with Crippen molar-refractivity contribution in [2.24, 2.45) is 5.92 Å². The molecule has 1 aliphatic heterocycles. The molecule has 1 atom stereocenters. The molecule has 6 nitrogen and oxygen atoms in total. The van der Waals surface area contributed by atoms with Crippen molar-refractivity contribution in [3.05, 3.63) is 0 Å². The first kappa shape index (κ1) is 16.4. The van der Waals surface area contributed by atoms with E-state index in [1.807, 2.05) is 13.8 Å². The van der Waals surface area contributed by atoms with Crippen molar-refractivity contribution in [2.45, 2.75) is 32.8 Å². The van der Waals surface area contributed by atoms with Crippen LogP contribution in [0.2, 0.25) is 0 Å². The van der Waals surface area contributed by atoms with Gasteiger partial charge in [0.25, 0.3) is 0 Å². The van der Waals surface area contributed by atoms with E-state index in [4.69, 9.17) is 4.74 Å². The lowest BCUT2D eigenvalue weighted by atomic mass is 10.2. The number of ether oxygens (including phenoxy) is 1. The molecule has 1 amide bonds. The van der Waals surface area contributed by atoms with Crippen LogP contribution in [0.1, 0.15) is 26.7 Å². The Bertz CT molecular complexity index is 389. The molecule has 1 N–H and O–H groups in total. The summed E-state index contributed by atoms with van der Waals surface area (Å²) in [6.07, 6.45) is 2.83. The third-order valence-corrected chi connectivity index (χ3v) is 4.14. The van der Waals surface area contributed by atoms with Crippen molar-refractivity contribution in [3.8, 4) is 0 Å². The molecule has 112 valence electrons. The van der Waals surface area contributed by atoms with Gasteiger partial charge in [-0.05, 0) is 18.8 Å². The summed E-state index contributed by atoms with van der Waals surface area (Å²) in [6, 6.07) is 0. The first-order valence-corrected chi connectivity index (χ1v) is 8.47. The summed E-state index contributed by atoms with van der Waals surface area (Å²) in [5, 5.41) is 2.72. The largest absolute Gasteiger partial charge is 0.377 e. The molecule has 0 radical (unpaired) electrons. The normalized spacial score (nSPS) is 20.2. The lowest BCUT2D eigenvalue weighted by molar-refractivity contribution is -0.121. The molecule has 0 aromatic heterocycles. The Balaban J connectivity index is 2.52. The van der Waals surface area contributed by atoms with E-state index in [-0.39, 0.29) is 25.1 Å². The number of carbonyl (C=O) groups is 1. The smallest absolute Gasteiger partial charge is 0.235 e. The van der Waals surface area contributed by atoms with Crippen LogP contribution in [0, 0.1) is 5.92 Å². The number of hydrogen-bond donors (Lipinski definition) is 1. The van der Waals surface area contributed by atoms with E-state index < -0.39 is 10.0 Å². The summed E-state index contributed by atoms with van der Waals surface area (Å²) in [5.74, 6) is 0.0749. The van der Waals surface area contributed by atoms with Gasteiger partial charge in [0.2, 0.25) is 15.9 Å². The summed E-state index contributed by atoms with van der Waals surface area (Å²) in [4.78, 5) is 11.7. The molecule has 1 fully saturated rings. The minimum Gasteiger partial charge on any atom is -0.377 e. The molecular formula is C12H24N2O4S. The van der Waals surface area contributed by atoms with Crippen LogP contribution in [-0.4, -0.2) is 57.2 Å². The fourth-order valence-corrected chi connectivity index (χ4v) is 2.66. The van der Waals surface area contributed by atoms with Gasteiger partial charge in [-0.25, -0.2) is 8.42 Å². The number of amides is 1. The molecular weight excluding hydrogens is 268 g/mol. The zero-order chi connectivity index (χ0) is 14.5. The zero-order valence-electron chi connectivity index (χ0n) is 11.9. The molecule has 1 unspecified atom stereocenters. The van der Waals surface area contributed by atoms with Gasteiger partial charge in [-0.15, -0.1) is 0 Å². The van der Waals surface area contributed by atoms with E-state index in [1.165, 1.54) is 4.31 Å². The molecule has 0 aromatic carbocycles. The van der Waals surface area contributed by atoms with Gasteiger partial charge in [-0.3, -0.25) is 4.79 Å². The van der Waals surface area contributed by atoms with Gasteiger partial charge in [-0.1, -0.05) is 13.8 Å². The Morgan fingerprint density at radius 2 is 2.16 bits per heavy atom. The van der Waals surface area contributed by atoms with Gasteiger partial charge < -0.3 is 10.1 Å². The molecule has 1 rings (SSSR count). The number of carbonyl (C=O) groups excluding carboxylic acids is 1.